The molecule has 1 aliphatic rings. The molecule has 1 fully saturated rings. The summed E-state index contributed by atoms with van der Waals surface area (Å²) in [7, 11) is 0. The van der Waals surface area contributed by atoms with Crippen molar-refractivity contribution in [2.24, 2.45) is 0 Å². The summed E-state index contributed by atoms with van der Waals surface area (Å²) in [4.78, 5) is 23.9. The number of anilines is 1. The zero-order valence-electron chi connectivity index (χ0n) is 8.48. The molecule has 1 aromatic rings. The van der Waals surface area contributed by atoms with Gasteiger partial charge in [0.05, 0.1) is 11.6 Å². The van der Waals surface area contributed by atoms with Gasteiger partial charge in [-0.1, -0.05) is 11.6 Å². The van der Waals surface area contributed by atoms with Gasteiger partial charge in [0.15, 0.2) is 6.29 Å². The Morgan fingerprint density at radius 1 is 1.44 bits per heavy atom. The minimum Gasteiger partial charge on any atom is -0.370 e. The van der Waals surface area contributed by atoms with E-state index in [1.807, 2.05) is 0 Å². The summed E-state index contributed by atoms with van der Waals surface area (Å²) in [6.45, 7) is 1.09. The quantitative estimate of drug-likeness (QED) is 0.735. The zero-order chi connectivity index (χ0) is 11.5. The number of rotatable bonds is 2. The number of morpholine rings is 1. The summed E-state index contributed by atoms with van der Waals surface area (Å²) in [6.07, 6.45) is 0.677. The maximum Gasteiger partial charge on any atom is 0.253 e. The second-order valence-electron chi connectivity index (χ2n) is 3.42. The molecular weight excluding hydrogens is 230 g/mol. The number of hydrogen-bond acceptors (Lipinski definition) is 3. The highest BCUT2D eigenvalue weighted by Gasteiger charge is 2.20. The minimum absolute atomic E-state index is 0.0824. The van der Waals surface area contributed by atoms with Crippen molar-refractivity contribution in [3.8, 4) is 0 Å². The van der Waals surface area contributed by atoms with Gasteiger partial charge in [-0.25, -0.2) is 0 Å². The number of aldehydes is 1. The van der Waals surface area contributed by atoms with Crippen LogP contribution in [0.25, 0.3) is 0 Å². The number of nitrogens with zero attached hydrogens (tertiary/aromatic N) is 1. The van der Waals surface area contributed by atoms with E-state index >= 15 is 0 Å². The summed E-state index contributed by atoms with van der Waals surface area (Å²) in [5.74, 6) is -0.106. The predicted octanol–water partition coefficient (Wildman–Crippen LogP) is 1.52. The average Bonchev–Trinajstić information content (AvgIpc) is 2.31. The van der Waals surface area contributed by atoms with Gasteiger partial charge >= 0.3 is 0 Å². The Morgan fingerprint density at radius 2 is 2.25 bits per heavy atom. The number of ether oxygens (including phenoxy) is 1. The number of amides is 1. The number of hydrogen-bond donors (Lipinski definition) is 0. The van der Waals surface area contributed by atoms with E-state index in [1.165, 1.54) is 0 Å². The van der Waals surface area contributed by atoms with E-state index in [-0.39, 0.29) is 12.5 Å². The lowest BCUT2D eigenvalue weighted by atomic mass is 10.2. The summed E-state index contributed by atoms with van der Waals surface area (Å²) in [6, 6.07) is 4.94. The van der Waals surface area contributed by atoms with Gasteiger partial charge in [-0.3, -0.25) is 9.59 Å². The van der Waals surface area contributed by atoms with Crippen LogP contribution in [0.15, 0.2) is 18.2 Å². The molecule has 84 valence electrons. The van der Waals surface area contributed by atoms with Crippen molar-refractivity contribution in [2.45, 2.75) is 0 Å². The molecule has 5 heteroatoms. The molecule has 1 aromatic carbocycles. The first-order valence-electron chi connectivity index (χ1n) is 4.85. The summed E-state index contributed by atoms with van der Waals surface area (Å²) in [5.41, 5.74) is 1.07. The van der Waals surface area contributed by atoms with E-state index in [0.29, 0.717) is 35.7 Å². The van der Waals surface area contributed by atoms with Gasteiger partial charge in [0, 0.05) is 17.8 Å². The van der Waals surface area contributed by atoms with E-state index in [2.05, 4.69) is 0 Å². The average molecular weight is 240 g/mol. The molecule has 0 atom stereocenters. The molecule has 2 rings (SSSR count). The van der Waals surface area contributed by atoms with E-state index in [4.69, 9.17) is 16.3 Å². The van der Waals surface area contributed by atoms with Crippen LogP contribution in [-0.2, 0) is 9.53 Å². The van der Waals surface area contributed by atoms with Crippen molar-refractivity contribution in [3.05, 3.63) is 28.8 Å². The van der Waals surface area contributed by atoms with Crippen molar-refractivity contribution in [2.75, 3.05) is 24.7 Å². The van der Waals surface area contributed by atoms with Crippen LogP contribution in [0.4, 0.5) is 5.69 Å². The normalized spacial score (nSPS) is 16.3. The largest absolute Gasteiger partial charge is 0.370 e. The van der Waals surface area contributed by atoms with Crippen LogP contribution >= 0.6 is 11.6 Å². The predicted molar refractivity (Wildman–Crippen MR) is 60.0 cm³/mol. The topological polar surface area (TPSA) is 46.6 Å². The van der Waals surface area contributed by atoms with Gasteiger partial charge in [0.1, 0.15) is 6.61 Å². The highest BCUT2D eigenvalue weighted by atomic mass is 35.5. The van der Waals surface area contributed by atoms with E-state index in [0.717, 1.165) is 0 Å². The van der Waals surface area contributed by atoms with E-state index in [1.54, 1.807) is 23.1 Å². The van der Waals surface area contributed by atoms with Crippen molar-refractivity contribution in [3.63, 3.8) is 0 Å². The molecule has 0 radical (unpaired) electrons. The van der Waals surface area contributed by atoms with Crippen molar-refractivity contribution >= 4 is 29.5 Å². The fourth-order valence-corrected chi connectivity index (χ4v) is 1.74. The van der Waals surface area contributed by atoms with Gasteiger partial charge < -0.3 is 9.64 Å². The van der Waals surface area contributed by atoms with Gasteiger partial charge in [-0.2, -0.15) is 0 Å². The van der Waals surface area contributed by atoms with Gasteiger partial charge in [0.25, 0.3) is 5.91 Å². The fraction of sp³-hybridized carbons (Fsp3) is 0.273. The molecule has 0 N–H and O–H groups in total. The monoisotopic (exact) mass is 239 g/mol. The maximum atomic E-state index is 11.6. The molecule has 0 aliphatic carbocycles. The Hall–Kier alpha value is -1.39. The van der Waals surface area contributed by atoms with E-state index in [9.17, 15) is 9.59 Å². The third-order valence-electron chi connectivity index (χ3n) is 2.40. The Morgan fingerprint density at radius 3 is 2.94 bits per heavy atom. The standard InChI is InChI=1S/C11H10ClNO3/c12-10-2-1-9(5-8(10)6-14)13-3-4-16-7-11(13)15/h1-2,5-6H,3-4,7H2. The second kappa shape index (κ2) is 4.63. The van der Waals surface area contributed by atoms with E-state index < -0.39 is 0 Å². The fourth-order valence-electron chi connectivity index (χ4n) is 1.58. The summed E-state index contributed by atoms with van der Waals surface area (Å²) >= 11 is 5.81. The maximum absolute atomic E-state index is 11.6. The van der Waals surface area contributed by atoms with Gasteiger partial charge in [0.2, 0.25) is 0 Å². The molecule has 1 aliphatic heterocycles. The molecule has 0 bridgehead atoms. The molecule has 16 heavy (non-hydrogen) atoms. The van der Waals surface area contributed by atoms with Crippen LogP contribution in [0.5, 0.6) is 0 Å². The first-order valence-corrected chi connectivity index (χ1v) is 5.23. The van der Waals surface area contributed by atoms with Crippen LogP contribution < -0.4 is 4.90 Å². The Labute approximate surface area is 97.7 Å². The number of halogens is 1. The molecule has 1 saturated heterocycles. The Bertz CT molecular complexity index is 433. The molecule has 1 heterocycles. The molecule has 4 nitrogen and oxygen atoms in total. The lowest BCUT2D eigenvalue weighted by molar-refractivity contribution is -0.125. The van der Waals surface area contributed by atoms with Gasteiger partial charge in [-0.05, 0) is 18.2 Å². The molecule has 0 saturated carbocycles. The first-order chi connectivity index (χ1) is 7.72. The SMILES string of the molecule is O=Cc1cc(N2CCOCC2=O)ccc1Cl. The highest BCUT2D eigenvalue weighted by Crippen LogP contribution is 2.23. The Kier molecular flexibility index (Phi) is 3.22. The summed E-state index contributed by atoms with van der Waals surface area (Å²) in [5, 5.41) is 0.388. The van der Waals surface area contributed by atoms with Crippen LogP contribution in [0.1, 0.15) is 10.4 Å². The zero-order valence-corrected chi connectivity index (χ0v) is 9.24. The number of carbonyl (C=O) groups is 2. The molecule has 0 unspecified atom stereocenters. The molecule has 0 spiro atoms. The van der Waals surface area contributed by atoms with Crippen molar-refractivity contribution in [1.82, 2.24) is 0 Å². The minimum atomic E-state index is -0.106. The molecular formula is C11H10ClNO3. The third-order valence-corrected chi connectivity index (χ3v) is 2.75. The summed E-state index contributed by atoms with van der Waals surface area (Å²) < 4.78 is 5.03. The highest BCUT2D eigenvalue weighted by molar-refractivity contribution is 6.33. The first kappa shape index (κ1) is 11.1. The van der Waals surface area contributed by atoms with Crippen LogP contribution in [0.2, 0.25) is 5.02 Å². The molecule has 1 amide bonds. The van der Waals surface area contributed by atoms with Crippen LogP contribution in [0, 0.1) is 0 Å². The van der Waals surface area contributed by atoms with Crippen LogP contribution in [0.3, 0.4) is 0 Å². The third kappa shape index (κ3) is 2.08. The second-order valence-corrected chi connectivity index (χ2v) is 3.83. The molecule has 0 aromatic heterocycles. The van der Waals surface area contributed by atoms with Gasteiger partial charge in [-0.15, -0.1) is 0 Å². The van der Waals surface area contributed by atoms with Crippen molar-refractivity contribution in [1.29, 1.82) is 0 Å². The lowest BCUT2D eigenvalue weighted by Gasteiger charge is -2.27. The Balaban J connectivity index is 2.32. The number of benzene rings is 1. The smallest absolute Gasteiger partial charge is 0.253 e. The lowest BCUT2D eigenvalue weighted by Crippen LogP contribution is -2.41. The van der Waals surface area contributed by atoms with Crippen LogP contribution in [-0.4, -0.2) is 32.0 Å². The van der Waals surface area contributed by atoms with Crippen molar-refractivity contribution < 1.29 is 14.3 Å². The number of carbonyl (C=O) groups excluding carboxylic acids is 2.